The normalized spacial score (nSPS) is 31.5. The van der Waals surface area contributed by atoms with E-state index in [-0.39, 0.29) is 24.4 Å². The molecule has 2 aliphatic rings. The largest absolute Gasteiger partial charge is 0.462 e. The number of benzene rings is 1. The SMILES string of the molecule is O=CC1C2CC(=O)OC2C[C@H]1OC(=O)c1ccccc1. The number of esters is 2. The van der Waals surface area contributed by atoms with Crippen molar-refractivity contribution in [2.75, 3.05) is 0 Å². The molecule has 3 unspecified atom stereocenters. The van der Waals surface area contributed by atoms with E-state index < -0.39 is 18.0 Å². The van der Waals surface area contributed by atoms with Crippen LogP contribution in [0.25, 0.3) is 0 Å². The third-order valence-corrected chi connectivity index (χ3v) is 3.98. The zero-order valence-electron chi connectivity index (χ0n) is 10.7. The van der Waals surface area contributed by atoms with Crippen LogP contribution in [0.1, 0.15) is 23.2 Å². The molecule has 2 fully saturated rings. The number of hydrogen-bond donors (Lipinski definition) is 0. The van der Waals surface area contributed by atoms with Gasteiger partial charge in [0, 0.05) is 12.3 Å². The minimum Gasteiger partial charge on any atom is -0.462 e. The Balaban J connectivity index is 1.71. The van der Waals surface area contributed by atoms with E-state index in [9.17, 15) is 14.4 Å². The molecule has 1 aliphatic carbocycles. The van der Waals surface area contributed by atoms with Gasteiger partial charge >= 0.3 is 11.9 Å². The van der Waals surface area contributed by atoms with Gasteiger partial charge < -0.3 is 14.3 Å². The quantitative estimate of drug-likeness (QED) is 0.615. The molecule has 0 bridgehead atoms. The Morgan fingerprint density at radius 3 is 2.75 bits per heavy atom. The van der Waals surface area contributed by atoms with E-state index in [4.69, 9.17) is 9.47 Å². The van der Waals surface area contributed by atoms with E-state index in [0.29, 0.717) is 12.0 Å². The van der Waals surface area contributed by atoms with Crippen LogP contribution >= 0.6 is 0 Å². The lowest BCUT2D eigenvalue weighted by molar-refractivity contribution is -0.141. The molecule has 1 aromatic rings. The molecule has 0 spiro atoms. The Bertz CT molecular complexity index is 538. The van der Waals surface area contributed by atoms with Gasteiger partial charge in [-0.2, -0.15) is 0 Å². The summed E-state index contributed by atoms with van der Waals surface area (Å²) in [6, 6.07) is 8.63. The first kappa shape index (κ1) is 12.8. The number of carbonyl (C=O) groups excluding carboxylic acids is 3. The molecule has 3 rings (SSSR count). The Morgan fingerprint density at radius 2 is 2.05 bits per heavy atom. The van der Waals surface area contributed by atoms with Crippen molar-refractivity contribution in [1.82, 2.24) is 0 Å². The summed E-state index contributed by atoms with van der Waals surface area (Å²) >= 11 is 0. The number of hydrogen-bond acceptors (Lipinski definition) is 5. The first-order valence-corrected chi connectivity index (χ1v) is 6.60. The molecule has 4 atom stereocenters. The summed E-state index contributed by atoms with van der Waals surface area (Å²) in [5, 5.41) is 0. The lowest BCUT2D eigenvalue weighted by Gasteiger charge is -2.17. The summed E-state index contributed by atoms with van der Waals surface area (Å²) in [5.74, 6) is -1.35. The molecule has 1 aliphatic heterocycles. The van der Waals surface area contributed by atoms with Crippen molar-refractivity contribution >= 4 is 18.2 Å². The maximum absolute atomic E-state index is 12.0. The van der Waals surface area contributed by atoms with Gasteiger partial charge in [-0.25, -0.2) is 4.79 Å². The topological polar surface area (TPSA) is 69.7 Å². The summed E-state index contributed by atoms with van der Waals surface area (Å²) in [6.07, 6.45) is 0.594. The summed E-state index contributed by atoms with van der Waals surface area (Å²) in [4.78, 5) is 34.4. The Labute approximate surface area is 115 Å². The third kappa shape index (κ3) is 2.19. The van der Waals surface area contributed by atoms with Crippen molar-refractivity contribution in [3.8, 4) is 0 Å². The second-order valence-corrected chi connectivity index (χ2v) is 5.16. The molecular weight excluding hydrogens is 260 g/mol. The number of rotatable bonds is 3. The van der Waals surface area contributed by atoms with Crippen molar-refractivity contribution in [2.45, 2.75) is 25.0 Å². The highest BCUT2D eigenvalue weighted by atomic mass is 16.6. The van der Waals surface area contributed by atoms with Crippen molar-refractivity contribution in [1.29, 1.82) is 0 Å². The van der Waals surface area contributed by atoms with Gasteiger partial charge in [0.2, 0.25) is 0 Å². The molecule has 0 aromatic heterocycles. The van der Waals surface area contributed by atoms with Crippen LogP contribution in [0.15, 0.2) is 30.3 Å². The van der Waals surface area contributed by atoms with E-state index in [1.807, 2.05) is 6.07 Å². The minimum atomic E-state index is -0.511. The molecule has 20 heavy (non-hydrogen) atoms. The molecule has 5 heteroatoms. The van der Waals surface area contributed by atoms with Gasteiger partial charge in [0.15, 0.2) is 0 Å². The molecule has 1 saturated heterocycles. The fraction of sp³-hybridized carbons (Fsp3) is 0.400. The van der Waals surface area contributed by atoms with Crippen LogP contribution in [0.3, 0.4) is 0 Å². The highest BCUT2D eigenvalue weighted by molar-refractivity contribution is 5.89. The van der Waals surface area contributed by atoms with Gasteiger partial charge in [0.1, 0.15) is 18.5 Å². The minimum absolute atomic E-state index is 0.159. The number of fused-ring (bicyclic) bond motifs is 1. The molecule has 0 radical (unpaired) electrons. The van der Waals surface area contributed by atoms with Crippen molar-refractivity contribution in [2.24, 2.45) is 11.8 Å². The van der Waals surface area contributed by atoms with Crippen LogP contribution in [0.5, 0.6) is 0 Å². The van der Waals surface area contributed by atoms with Crippen LogP contribution in [0, 0.1) is 11.8 Å². The van der Waals surface area contributed by atoms with Gasteiger partial charge in [-0.3, -0.25) is 4.79 Å². The molecule has 5 nitrogen and oxygen atoms in total. The zero-order chi connectivity index (χ0) is 14.1. The van der Waals surface area contributed by atoms with Gasteiger partial charge in [-0.05, 0) is 12.1 Å². The van der Waals surface area contributed by atoms with E-state index in [1.54, 1.807) is 24.3 Å². The summed E-state index contributed by atoms with van der Waals surface area (Å²) < 4.78 is 10.6. The van der Waals surface area contributed by atoms with Crippen LogP contribution in [-0.4, -0.2) is 30.4 Å². The summed E-state index contributed by atoms with van der Waals surface area (Å²) in [7, 11) is 0. The number of aldehydes is 1. The highest BCUT2D eigenvalue weighted by Crippen LogP contribution is 2.41. The second-order valence-electron chi connectivity index (χ2n) is 5.16. The molecule has 0 amide bonds. The average molecular weight is 274 g/mol. The monoisotopic (exact) mass is 274 g/mol. The van der Waals surface area contributed by atoms with E-state index in [0.717, 1.165) is 6.29 Å². The second kappa shape index (κ2) is 5.07. The summed E-state index contributed by atoms with van der Waals surface area (Å²) in [6.45, 7) is 0. The zero-order valence-corrected chi connectivity index (χ0v) is 10.7. The van der Waals surface area contributed by atoms with Crippen molar-refractivity contribution < 1.29 is 23.9 Å². The predicted octanol–water partition coefficient (Wildman–Crippen LogP) is 1.36. The van der Waals surface area contributed by atoms with Gasteiger partial charge in [0.25, 0.3) is 0 Å². The first-order valence-electron chi connectivity index (χ1n) is 6.60. The molecule has 104 valence electrons. The van der Waals surface area contributed by atoms with Gasteiger partial charge in [0.05, 0.1) is 17.9 Å². The van der Waals surface area contributed by atoms with E-state index in [1.165, 1.54) is 0 Å². The number of ether oxygens (including phenoxy) is 2. The predicted molar refractivity (Wildman–Crippen MR) is 67.8 cm³/mol. The van der Waals surface area contributed by atoms with Crippen LogP contribution in [0.2, 0.25) is 0 Å². The van der Waals surface area contributed by atoms with Crippen molar-refractivity contribution in [3.05, 3.63) is 35.9 Å². The van der Waals surface area contributed by atoms with Crippen LogP contribution in [-0.2, 0) is 19.1 Å². The lowest BCUT2D eigenvalue weighted by atomic mass is 9.93. The molecular formula is C15H14O5. The molecule has 1 heterocycles. The highest BCUT2D eigenvalue weighted by Gasteiger charge is 2.51. The average Bonchev–Trinajstić information content (AvgIpc) is 2.95. The summed E-state index contributed by atoms with van der Waals surface area (Å²) in [5.41, 5.74) is 0.450. The molecule has 1 saturated carbocycles. The van der Waals surface area contributed by atoms with Crippen LogP contribution < -0.4 is 0 Å². The molecule has 0 N–H and O–H groups in total. The van der Waals surface area contributed by atoms with E-state index >= 15 is 0 Å². The third-order valence-electron chi connectivity index (χ3n) is 3.98. The first-order chi connectivity index (χ1) is 9.69. The smallest absolute Gasteiger partial charge is 0.338 e. The Hall–Kier alpha value is -2.17. The van der Waals surface area contributed by atoms with Gasteiger partial charge in [-0.1, -0.05) is 18.2 Å². The Morgan fingerprint density at radius 1 is 1.30 bits per heavy atom. The van der Waals surface area contributed by atoms with Gasteiger partial charge in [-0.15, -0.1) is 0 Å². The Kier molecular flexibility index (Phi) is 3.26. The standard InChI is InChI=1S/C15H14O5/c16-8-11-10-6-14(17)19-12(10)7-13(11)20-15(18)9-4-2-1-3-5-9/h1-5,8,10-13H,6-7H2/t10?,11?,12?,13-/m1/s1. The maximum atomic E-state index is 12.0. The van der Waals surface area contributed by atoms with Crippen molar-refractivity contribution in [3.63, 3.8) is 0 Å². The fourth-order valence-electron chi connectivity index (χ4n) is 2.99. The van der Waals surface area contributed by atoms with E-state index in [2.05, 4.69) is 0 Å². The molecule has 1 aromatic carbocycles. The maximum Gasteiger partial charge on any atom is 0.338 e. The fourth-order valence-corrected chi connectivity index (χ4v) is 2.99. The van der Waals surface area contributed by atoms with Crippen LogP contribution in [0.4, 0.5) is 0 Å². The lowest BCUT2D eigenvalue weighted by Crippen LogP contribution is -2.27. The number of carbonyl (C=O) groups is 3.